The molecule has 0 spiro atoms. The zero-order valence-electron chi connectivity index (χ0n) is 12.7. The van der Waals surface area contributed by atoms with Crippen LogP contribution >= 0.6 is 0 Å². The van der Waals surface area contributed by atoms with Crippen LogP contribution in [0.3, 0.4) is 0 Å². The number of amides is 1. The Morgan fingerprint density at radius 2 is 1.77 bits per heavy atom. The van der Waals surface area contributed by atoms with Crippen molar-refractivity contribution in [2.45, 2.75) is 19.4 Å². The molecule has 22 heavy (non-hydrogen) atoms. The normalized spacial score (nSPS) is 10.0. The first kappa shape index (κ1) is 15.9. The highest BCUT2D eigenvalue weighted by atomic mass is 16.5. The predicted octanol–water partition coefficient (Wildman–Crippen LogP) is 3.17. The second kappa shape index (κ2) is 8.72. The Kier molecular flexibility index (Phi) is 6.30. The van der Waals surface area contributed by atoms with Crippen LogP contribution in [0, 0.1) is 0 Å². The molecule has 2 aromatic rings. The predicted molar refractivity (Wildman–Crippen MR) is 86.0 cm³/mol. The Labute approximate surface area is 131 Å². The number of benzene rings is 2. The van der Waals surface area contributed by atoms with E-state index in [-0.39, 0.29) is 5.91 Å². The van der Waals surface area contributed by atoms with E-state index in [0.717, 1.165) is 17.1 Å². The van der Waals surface area contributed by atoms with Crippen LogP contribution < -0.4 is 14.8 Å². The van der Waals surface area contributed by atoms with Crippen LogP contribution in [0.25, 0.3) is 0 Å². The van der Waals surface area contributed by atoms with Gasteiger partial charge in [-0.1, -0.05) is 36.4 Å². The van der Waals surface area contributed by atoms with Gasteiger partial charge in [-0.25, -0.2) is 0 Å². The van der Waals surface area contributed by atoms with Gasteiger partial charge in [-0.2, -0.15) is 0 Å². The zero-order valence-corrected chi connectivity index (χ0v) is 12.7. The molecule has 0 saturated carbocycles. The summed E-state index contributed by atoms with van der Waals surface area (Å²) in [6, 6.07) is 17.3. The van der Waals surface area contributed by atoms with Crippen LogP contribution in [-0.2, 0) is 11.3 Å². The lowest BCUT2D eigenvalue weighted by molar-refractivity contribution is -0.121. The van der Waals surface area contributed by atoms with Gasteiger partial charge >= 0.3 is 0 Å². The summed E-state index contributed by atoms with van der Waals surface area (Å²) < 4.78 is 10.8. The third-order valence-electron chi connectivity index (χ3n) is 3.23. The molecule has 1 amide bonds. The third kappa shape index (κ3) is 5.13. The van der Waals surface area contributed by atoms with Gasteiger partial charge in [0.25, 0.3) is 0 Å². The topological polar surface area (TPSA) is 47.6 Å². The van der Waals surface area contributed by atoms with Crippen molar-refractivity contribution in [3.8, 4) is 11.5 Å². The summed E-state index contributed by atoms with van der Waals surface area (Å²) in [6.07, 6.45) is 1.13. The Balaban J connectivity index is 1.66. The summed E-state index contributed by atoms with van der Waals surface area (Å²) in [5, 5.41) is 2.90. The molecule has 1 N–H and O–H groups in total. The van der Waals surface area contributed by atoms with E-state index in [9.17, 15) is 4.79 Å². The molecule has 0 radical (unpaired) electrons. The molecule has 0 atom stereocenters. The van der Waals surface area contributed by atoms with Crippen molar-refractivity contribution in [3.63, 3.8) is 0 Å². The minimum absolute atomic E-state index is 0.0163. The number of hydrogen-bond acceptors (Lipinski definition) is 3. The van der Waals surface area contributed by atoms with Crippen LogP contribution in [0.5, 0.6) is 11.5 Å². The molecule has 0 heterocycles. The second-order valence-corrected chi connectivity index (χ2v) is 4.85. The summed E-state index contributed by atoms with van der Waals surface area (Å²) in [6.45, 7) is 1.01. The van der Waals surface area contributed by atoms with E-state index in [1.807, 2.05) is 54.6 Å². The van der Waals surface area contributed by atoms with Gasteiger partial charge < -0.3 is 14.8 Å². The number of carbonyl (C=O) groups is 1. The van der Waals surface area contributed by atoms with Gasteiger partial charge in [-0.05, 0) is 24.6 Å². The van der Waals surface area contributed by atoms with Gasteiger partial charge in [0.05, 0.1) is 13.7 Å². The molecule has 4 nitrogen and oxygen atoms in total. The minimum Gasteiger partial charge on any atom is -0.496 e. The molecule has 2 aromatic carbocycles. The van der Waals surface area contributed by atoms with Crippen molar-refractivity contribution in [1.29, 1.82) is 0 Å². The van der Waals surface area contributed by atoms with Crippen molar-refractivity contribution in [1.82, 2.24) is 5.32 Å². The molecule has 0 aromatic heterocycles. The summed E-state index contributed by atoms with van der Waals surface area (Å²) in [5.74, 6) is 1.63. The fourth-order valence-corrected chi connectivity index (χ4v) is 2.07. The number of nitrogens with one attached hydrogen (secondary N) is 1. The fraction of sp³-hybridized carbons (Fsp3) is 0.278. The maximum Gasteiger partial charge on any atom is 0.220 e. The second-order valence-electron chi connectivity index (χ2n) is 4.85. The molecule has 0 bridgehead atoms. The molecule has 4 heteroatoms. The first-order valence-electron chi connectivity index (χ1n) is 7.36. The van der Waals surface area contributed by atoms with Crippen molar-refractivity contribution >= 4 is 5.91 Å². The molecule has 0 saturated heterocycles. The van der Waals surface area contributed by atoms with E-state index in [1.165, 1.54) is 0 Å². The van der Waals surface area contributed by atoms with E-state index in [4.69, 9.17) is 9.47 Å². The first-order chi connectivity index (χ1) is 10.8. The number of carbonyl (C=O) groups excluding carboxylic acids is 1. The van der Waals surface area contributed by atoms with Gasteiger partial charge in [-0.3, -0.25) is 4.79 Å². The molecule has 0 aliphatic carbocycles. The molecule has 0 fully saturated rings. The zero-order chi connectivity index (χ0) is 15.6. The SMILES string of the molecule is COc1ccccc1CNC(=O)CCCOc1ccccc1. The number of ether oxygens (including phenoxy) is 2. The van der Waals surface area contributed by atoms with Gasteiger partial charge in [0.1, 0.15) is 11.5 Å². The van der Waals surface area contributed by atoms with E-state index >= 15 is 0 Å². The largest absolute Gasteiger partial charge is 0.496 e. The van der Waals surface area contributed by atoms with Gasteiger partial charge in [0.15, 0.2) is 0 Å². The summed E-state index contributed by atoms with van der Waals surface area (Å²) in [7, 11) is 1.63. The molecule has 0 unspecified atom stereocenters. The molecular formula is C18H21NO3. The maximum atomic E-state index is 11.8. The Morgan fingerprint density at radius 3 is 2.55 bits per heavy atom. The lowest BCUT2D eigenvalue weighted by Crippen LogP contribution is -2.23. The molecule has 0 aliphatic heterocycles. The molecule has 2 rings (SSSR count). The standard InChI is InChI=1S/C18H21NO3/c1-21-17-11-6-5-8-15(17)14-19-18(20)12-7-13-22-16-9-3-2-4-10-16/h2-6,8-11H,7,12-14H2,1H3,(H,19,20). The van der Waals surface area contributed by atoms with Crippen molar-refractivity contribution in [2.24, 2.45) is 0 Å². The van der Waals surface area contributed by atoms with Gasteiger partial charge in [-0.15, -0.1) is 0 Å². The van der Waals surface area contributed by atoms with Crippen LogP contribution in [0.1, 0.15) is 18.4 Å². The van der Waals surface area contributed by atoms with Crippen LogP contribution in [0.2, 0.25) is 0 Å². The summed E-state index contributed by atoms with van der Waals surface area (Å²) in [4.78, 5) is 11.8. The maximum absolute atomic E-state index is 11.8. The average molecular weight is 299 g/mol. The monoisotopic (exact) mass is 299 g/mol. The van der Waals surface area contributed by atoms with E-state index in [0.29, 0.717) is 26.0 Å². The van der Waals surface area contributed by atoms with Crippen molar-refractivity contribution in [2.75, 3.05) is 13.7 Å². The van der Waals surface area contributed by atoms with Gasteiger partial charge in [0.2, 0.25) is 5.91 Å². The fourth-order valence-electron chi connectivity index (χ4n) is 2.07. The van der Waals surface area contributed by atoms with Crippen LogP contribution in [-0.4, -0.2) is 19.6 Å². The first-order valence-corrected chi connectivity index (χ1v) is 7.36. The highest BCUT2D eigenvalue weighted by Gasteiger charge is 2.05. The van der Waals surface area contributed by atoms with E-state index in [1.54, 1.807) is 7.11 Å². The number of para-hydroxylation sites is 2. The Bertz CT molecular complexity index is 584. The average Bonchev–Trinajstić information content (AvgIpc) is 2.58. The Morgan fingerprint density at radius 1 is 1.05 bits per heavy atom. The van der Waals surface area contributed by atoms with Crippen molar-refractivity contribution in [3.05, 3.63) is 60.2 Å². The van der Waals surface area contributed by atoms with Gasteiger partial charge in [0, 0.05) is 18.5 Å². The van der Waals surface area contributed by atoms with E-state index < -0.39 is 0 Å². The molecule has 0 aliphatic rings. The third-order valence-corrected chi connectivity index (χ3v) is 3.23. The summed E-state index contributed by atoms with van der Waals surface area (Å²) >= 11 is 0. The number of hydrogen-bond donors (Lipinski definition) is 1. The lowest BCUT2D eigenvalue weighted by Gasteiger charge is -2.10. The molecular weight excluding hydrogens is 278 g/mol. The smallest absolute Gasteiger partial charge is 0.220 e. The number of rotatable bonds is 8. The van der Waals surface area contributed by atoms with Crippen LogP contribution in [0.15, 0.2) is 54.6 Å². The van der Waals surface area contributed by atoms with E-state index in [2.05, 4.69) is 5.32 Å². The van der Waals surface area contributed by atoms with Crippen molar-refractivity contribution < 1.29 is 14.3 Å². The highest BCUT2D eigenvalue weighted by molar-refractivity contribution is 5.75. The number of methoxy groups -OCH3 is 1. The highest BCUT2D eigenvalue weighted by Crippen LogP contribution is 2.16. The van der Waals surface area contributed by atoms with Crippen LogP contribution in [0.4, 0.5) is 0 Å². The lowest BCUT2D eigenvalue weighted by atomic mass is 10.2. The summed E-state index contributed by atoms with van der Waals surface area (Å²) in [5.41, 5.74) is 0.971. The quantitative estimate of drug-likeness (QED) is 0.762. The minimum atomic E-state index is 0.0163. The Hall–Kier alpha value is -2.49. The molecule has 116 valence electrons.